The Morgan fingerprint density at radius 1 is 1.13 bits per heavy atom. The van der Waals surface area contributed by atoms with Crippen molar-refractivity contribution in [3.63, 3.8) is 0 Å². The van der Waals surface area contributed by atoms with Crippen LogP contribution in [-0.2, 0) is 0 Å². The predicted octanol–water partition coefficient (Wildman–Crippen LogP) is 4.88. The van der Waals surface area contributed by atoms with Gasteiger partial charge in [0.2, 0.25) is 0 Å². The summed E-state index contributed by atoms with van der Waals surface area (Å²) in [4.78, 5) is 16.8. The van der Waals surface area contributed by atoms with E-state index in [9.17, 15) is 22.4 Å². The number of nitrogens with one attached hydrogen (secondary N) is 2. The minimum absolute atomic E-state index is 0.0199. The summed E-state index contributed by atoms with van der Waals surface area (Å²) in [5.41, 5.74) is 0.772. The number of nitrogens with zero attached hydrogens (tertiary/aromatic N) is 1. The highest BCUT2D eigenvalue weighted by molar-refractivity contribution is 9.10. The number of hydrogen-bond acceptors (Lipinski definition) is 4. The van der Waals surface area contributed by atoms with E-state index in [0.717, 1.165) is 0 Å². The molecule has 0 radical (unpaired) electrons. The van der Waals surface area contributed by atoms with Crippen LogP contribution >= 0.6 is 15.9 Å². The van der Waals surface area contributed by atoms with Crippen LogP contribution in [0.25, 0.3) is 10.9 Å². The second-order valence-corrected chi connectivity index (χ2v) is 8.24. The quantitative estimate of drug-likeness (QED) is 0.541. The van der Waals surface area contributed by atoms with Gasteiger partial charge in [0.05, 0.1) is 21.6 Å². The summed E-state index contributed by atoms with van der Waals surface area (Å²) in [6, 6.07) is 3.70. The van der Waals surface area contributed by atoms with Gasteiger partial charge in [-0.25, -0.2) is 8.78 Å². The first kappa shape index (κ1) is 22.7. The van der Waals surface area contributed by atoms with Crippen molar-refractivity contribution in [3.05, 3.63) is 34.4 Å². The lowest BCUT2D eigenvalue weighted by molar-refractivity contribution is -0.0502. The molecule has 0 aliphatic heterocycles. The molecule has 1 aliphatic carbocycles. The number of carbonyl (C=O) groups excluding carboxylic acids is 1. The minimum atomic E-state index is -2.95. The number of aromatic nitrogens is 1. The van der Waals surface area contributed by atoms with E-state index in [4.69, 9.17) is 0 Å². The first-order valence-corrected chi connectivity index (χ1v) is 10.4. The molecular weight excluding hydrogens is 470 g/mol. The molecule has 0 saturated heterocycles. The van der Waals surface area contributed by atoms with Crippen molar-refractivity contribution in [2.75, 3.05) is 0 Å². The Bertz CT molecular complexity index is 892. The van der Waals surface area contributed by atoms with Crippen LogP contribution in [0.3, 0.4) is 0 Å². The number of amides is 1. The average molecular weight is 492 g/mol. The third-order valence-corrected chi connectivity index (χ3v) is 5.77. The zero-order valence-electron chi connectivity index (χ0n) is 16.2. The summed E-state index contributed by atoms with van der Waals surface area (Å²) in [7, 11) is 0. The fourth-order valence-corrected chi connectivity index (χ4v) is 4.01. The molecule has 1 saturated carbocycles. The first-order valence-electron chi connectivity index (χ1n) is 9.62. The van der Waals surface area contributed by atoms with Crippen LogP contribution in [0.5, 0.6) is 5.75 Å². The van der Waals surface area contributed by atoms with Crippen LogP contribution in [0.15, 0.2) is 28.9 Å². The Balaban J connectivity index is 1.60. The highest BCUT2D eigenvalue weighted by atomic mass is 79.9. The lowest BCUT2D eigenvalue weighted by Crippen LogP contribution is -2.46. The van der Waals surface area contributed by atoms with Crippen molar-refractivity contribution in [1.82, 2.24) is 15.6 Å². The molecule has 164 valence electrons. The Morgan fingerprint density at radius 3 is 2.43 bits per heavy atom. The zero-order chi connectivity index (χ0) is 21.8. The fraction of sp³-hybridized carbons (Fsp3) is 0.500. The second kappa shape index (κ2) is 9.91. The van der Waals surface area contributed by atoms with E-state index in [1.54, 1.807) is 12.1 Å². The summed E-state index contributed by atoms with van der Waals surface area (Å²) >= 11 is 3.18. The van der Waals surface area contributed by atoms with Gasteiger partial charge in [0.15, 0.2) is 0 Å². The van der Waals surface area contributed by atoms with E-state index in [2.05, 4.69) is 36.3 Å². The summed E-state index contributed by atoms with van der Waals surface area (Å²) in [5.74, 6) is -0.320. The number of rotatable bonds is 7. The SMILES string of the molecule is C[C@H](N[C@H]1CC[C@H](NC(=O)c2cnc3cc(OC(F)F)c(Br)cc3c2)CC1)C(F)F. The summed E-state index contributed by atoms with van der Waals surface area (Å²) in [5, 5.41) is 6.49. The molecule has 2 N–H and O–H groups in total. The largest absolute Gasteiger partial charge is 0.434 e. The Hall–Kier alpha value is -1.94. The lowest BCUT2D eigenvalue weighted by atomic mass is 9.90. The number of hydrogen-bond donors (Lipinski definition) is 2. The Morgan fingerprint density at radius 2 is 1.80 bits per heavy atom. The van der Waals surface area contributed by atoms with Crippen molar-refractivity contribution in [2.45, 2.75) is 63.8 Å². The Labute approximate surface area is 179 Å². The van der Waals surface area contributed by atoms with Gasteiger partial charge in [0.1, 0.15) is 5.75 Å². The monoisotopic (exact) mass is 491 g/mol. The molecule has 1 heterocycles. The zero-order valence-corrected chi connectivity index (χ0v) is 17.8. The van der Waals surface area contributed by atoms with Crippen LogP contribution < -0.4 is 15.4 Å². The Kier molecular flexibility index (Phi) is 7.51. The molecule has 30 heavy (non-hydrogen) atoms. The van der Waals surface area contributed by atoms with Crippen molar-refractivity contribution in [2.24, 2.45) is 0 Å². The maximum atomic E-state index is 12.7. The van der Waals surface area contributed by atoms with Crippen LogP contribution in [-0.4, -0.2) is 42.1 Å². The standard InChI is InChI=1S/C20H22BrF4N3O2/c1-10(18(22)23)27-13-2-4-14(5-3-13)28-19(29)12-6-11-7-15(21)17(30-20(24)25)8-16(11)26-9-12/h6-10,13-14,18,20,27H,2-5H2,1H3,(H,28,29)/t10-,13-,14-/m0/s1. The molecule has 10 heteroatoms. The van der Waals surface area contributed by atoms with Crippen LogP contribution in [0.2, 0.25) is 0 Å². The number of halogens is 5. The van der Waals surface area contributed by atoms with Crippen LogP contribution in [0, 0.1) is 0 Å². The molecule has 5 nitrogen and oxygen atoms in total. The molecular formula is C20H22BrF4N3O2. The van der Waals surface area contributed by atoms with E-state index in [0.29, 0.717) is 46.6 Å². The molecule has 1 aliphatic rings. The van der Waals surface area contributed by atoms with Gasteiger partial charge < -0.3 is 15.4 Å². The molecule has 1 fully saturated rings. The van der Waals surface area contributed by atoms with E-state index >= 15 is 0 Å². The molecule has 0 unspecified atom stereocenters. The number of fused-ring (bicyclic) bond motifs is 1. The van der Waals surface area contributed by atoms with Crippen molar-refractivity contribution in [1.29, 1.82) is 0 Å². The van der Waals surface area contributed by atoms with Crippen LogP contribution in [0.1, 0.15) is 43.0 Å². The molecule has 0 bridgehead atoms. The van der Waals surface area contributed by atoms with Gasteiger partial charge in [-0.05, 0) is 60.7 Å². The molecule has 1 atom stereocenters. The van der Waals surface area contributed by atoms with Gasteiger partial charge in [-0.2, -0.15) is 8.78 Å². The van der Waals surface area contributed by atoms with Gasteiger partial charge in [-0.3, -0.25) is 9.78 Å². The van der Waals surface area contributed by atoms with E-state index in [1.165, 1.54) is 19.2 Å². The summed E-state index contributed by atoms with van der Waals surface area (Å²) in [6.07, 6.45) is 1.78. The number of benzene rings is 1. The first-order chi connectivity index (χ1) is 14.2. The minimum Gasteiger partial charge on any atom is -0.434 e. The molecule has 0 spiro atoms. The third-order valence-electron chi connectivity index (χ3n) is 5.15. The predicted molar refractivity (Wildman–Crippen MR) is 108 cm³/mol. The van der Waals surface area contributed by atoms with Crippen molar-refractivity contribution in [3.8, 4) is 5.75 Å². The molecule has 1 amide bonds. The molecule has 1 aromatic carbocycles. The number of pyridine rings is 1. The van der Waals surface area contributed by atoms with E-state index in [1.807, 2.05) is 0 Å². The van der Waals surface area contributed by atoms with E-state index in [-0.39, 0.29) is 23.7 Å². The smallest absolute Gasteiger partial charge is 0.387 e. The molecule has 1 aromatic heterocycles. The number of ether oxygens (including phenoxy) is 1. The summed E-state index contributed by atoms with van der Waals surface area (Å²) < 4.78 is 55.0. The van der Waals surface area contributed by atoms with Gasteiger partial charge >= 0.3 is 6.61 Å². The van der Waals surface area contributed by atoms with Crippen molar-refractivity contribution >= 4 is 32.7 Å². The van der Waals surface area contributed by atoms with Crippen molar-refractivity contribution < 1.29 is 27.1 Å². The van der Waals surface area contributed by atoms with E-state index < -0.39 is 19.1 Å². The summed E-state index contributed by atoms with van der Waals surface area (Å²) in [6.45, 7) is -1.49. The fourth-order valence-electron chi connectivity index (χ4n) is 3.56. The maximum Gasteiger partial charge on any atom is 0.387 e. The molecule has 2 aromatic rings. The number of carbonyl (C=O) groups is 1. The topological polar surface area (TPSA) is 63.2 Å². The van der Waals surface area contributed by atoms with Gasteiger partial charge in [-0.15, -0.1) is 0 Å². The van der Waals surface area contributed by atoms with Gasteiger partial charge in [0.25, 0.3) is 12.3 Å². The van der Waals surface area contributed by atoms with Gasteiger partial charge in [0, 0.05) is 29.7 Å². The lowest BCUT2D eigenvalue weighted by Gasteiger charge is -2.31. The van der Waals surface area contributed by atoms with Crippen LogP contribution in [0.4, 0.5) is 17.6 Å². The number of alkyl halides is 4. The highest BCUT2D eigenvalue weighted by Gasteiger charge is 2.26. The maximum absolute atomic E-state index is 12.7. The highest BCUT2D eigenvalue weighted by Crippen LogP contribution is 2.31. The molecule has 3 rings (SSSR count). The van der Waals surface area contributed by atoms with Gasteiger partial charge in [-0.1, -0.05) is 0 Å². The average Bonchev–Trinajstić information content (AvgIpc) is 2.69. The third kappa shape index (κ3) is 5.81. The normalized spacial score (nSPS) is 20.5. The second-order valence-electron chi connectivity index (χ2n) is 7.39.